The number of nitrogens with one attached hydrogen (secondary N) is 1. The van der Waals surface area contributed by atoms with E-state index in [1.807, 2.05) is 36.4 Å². The number of benzene rings is 2. The molecule has 2 aromatic carbocycles. The smallest absolute Gasteiger partial charge is 0.336 e. The molecule has 5 heteroatoms. The molecule has 126 valence electrons. The highest BCUT2D eigenvalue weighted by Gasteiger charge is 2.33. The fourth-order valence-electron chi connectivity index (χ4n) is 2.95. The van der Waals surface area contributed by atoms with Crippen molar-refractivity contribution in [1.82, 2.24) is 0 Å². The second-order valence-corrected chi connectivity index (χ2v) is 6.40. The first kappa shape index (κ1) is 15.4. The van der Waals surface area contributed by atoms with Gasteiger partial charge in [-0.1, -0.05) is 32.0 Å². The lowest BCUT2D eigenvalue weighted by Crippen LogP contribution is -2.28. The quantitative estimate of drug-likeness (QED) is 0.580. The zero-order valence-corrected chi connectivity index (χ0v) is 14.0. The highest BCUT2D eigenvalue weighted by atomic mass is 16.5. The number of fused-ring (bicyclic) bond motifs is 2. The maximum absolute atomic E-state index is 11.4. The molecule has 0 saturated carbocycles. The third kappa shape index (κ3) is 2.89. The third-order valence-corrected chi connectivity index (χ3v) is 4.21. The lowest BCUT2D eigenvalue weighted by Gasteiger charge is -2.15. The van der Waals surface area contributed by atoms with Crippen molar-refractivity contribution >= 4 is 22.4 Å². The summed E-state index contributed by atoms with van der Waals surface area (Å²) in [5.41, 5.74) is 5.94. The highest BCUT2D eigenvalue weighted by molar-refractivity contribution is 6.11. The second kappa shape index (κ2) is 6.09. The summed E-state index contributed by atoms with van der Waals surface area (Å²) in [5, 5.41) is 5.46. The SMILES string of the molecule is CC(C)C1Oc2cc3oc(=O)ccc3cc2C1=NNc1ccccc1. The van der Waals surface area contributed by atoms with E-state index in [1.54, 1.807) is 12.1 Å². The maximum Gasteiger partial charge on any atom is 0.336 e. The van der Waals surface area contributed by atoms with Gasteiger partial charge in [-0.3, -0.25) is 5.43 Å². The van der Waals surface area contributed by atoms with Gasteiger partial charge in [0.1, 0.15) is 23.1 Å². The fraction of sp³-hybridized carbons (Fsp3) is 0.200. The first-order valence-corrected chi connectivity index (χ1v) is 8.25. The van der Waals surface area contributed by atoms with Crippen LogP contribution in [0.1, 0.15) is 19.4 Å². The molecule has 2 heterocycles. The number of anilines is 1. The number of hydrazone groups is 1. The summed E-state index contributed by atoms with van der Waals surface area (Å²) in [4.78, 5) is 11.4. The van der Waals surface area contributed by atoms with Crippen molar-refractivity contribution in [3.63, 3.8) is 0 Å². The monoisotopic (exact) mass is 334 g/mol. The fourth-order valence-corrected chi connectivity index (χ4v) is 2.95. The first-order chi connectivity index (χ1) is 12.1. The molecule has 3 aromatic rings. The van der Waals surface area contributed by atoms with Gasteiger partial charge in [0.05, 0.1) is 5.69 Å². The average Bonchev–Trinajstić information content (AvgIpc) is 2.96. The summed E-state index contributed by atoms with van der Waals surface area (Å²) in [6, 6.07) is 16.7. The van der Waals surface area contributed by atoms with Gasteiger partial charge in [0.15, 0.2) is 0 Å². The molecular formula is C20H18N2O3. The lowest BCUT2D eigenvalue weighted by atomic mass is 9.98. The van der Waals surface area contributed by atoms with Gasteiger partial charge >= 0.3 is 5.63 Å². The van der Waals surface area contributed by atoms with Crippen molar-refractivity contribution < 1.29 is 9.15 Å². The molecule has 1 aliphatic heterocycles. The van der Waals surface area contributed by atoms with Gasteiger partial charge in [0, 0.05) is 23.1 Å². The summed E-state index contributed by atoms with van der Waals surface area (Å²) < 4.78 is 11.3. The van der Waals surface area contributed by atoms with Crippen LogP contribution in [0.5, 0.6) is 5.75 Å². The Bertz CT molecular complexity index is 1010. The van der Waals surface area contributed by atoms with Gasteiger partial charge in [-0.15, -0.1) is 0 Å². The predicted octanol–water partition coefficient (Wildman–Crippen LogP) is 4.03. The Kier molecular flexibility index (Phi) is 3.76. The molecule has 25 heavy (non-hydrogen) atoms. The third-order valence-electron chi connectivity index (χ3n) is 4.21. The second-order valence-electron chi connectivity index (χ2n) is 6.40. The summed E-state index contributed by atoms with van der Waals surface area (Å²) in [5.74, 6) is 0.938. The van der Waals surface area contributed by atoms with Crippen LogP contribution in [0.2, 0.25) is 0 Å². The molecule has 1 aromatic heterocycles. The largest absolute Gasteiger partial charge is 0.483 e. The lowest BCUT2D eigenvalue weighted by molar-refractivity contribution is 0.229. The van der Waals surface area contributed by atoms with E-state index in [0.717, 1.165) is 22.3 Å². The Hall–Kier alpha value is -3.08. The Labute approximate surface area is 144 Å². The van der Waals surface area contributed by atoms with Crippen LogP contribution < -0.4 is 15.8 Å². The first-order valence-electron chi connectivity index (χ1n) is 8.25. The molecule has 1 atom stereocenters. The number of nitrogens with zero attached hydrogens (tertiary/aromatic N) is 1. The predicted molar refractivity (Wildman–Crippen MR) is 98.3 cm³/mol. The van der Waals surface area contributed by atoms with E-state index in [0.29, 0.717) is 11.3 Å². The molecule has 0 radical (unpaired) electrons. The Morgan fingerprint density at radius 2 is 1.88 bits per heavy atom. The van der Waals surface area contributed by atoms with Crippen LogP contribution in [0.3, 0.4) is 0 Å². The van der Waals surface area contributed by atoms with Gasteiger partial charge < -0.3 is 9.15 Å². The van der Waals surface area contributed by atoms with Crippen molar-refractivity contribution in [3.8, 4) is 5.75 Å². The van der Waals surface area contributed by atoms with Crippen molar-refractivity contribution in [1.29, 1.82) is 0 Å². The topological polar surface area (TPSA) is 63.8 Å². The van der Waals surface area contributed by atoms with E-state index in [2.05, 4.69) is 24.4 Å². The highest BCUT2D eigenvalue weighted by Crippen LogP contribution is 2.35. The molecule has 1 N–H and O–H groups in total. The summed E-state index contributed by atoms with van der Waals surface area (Å²) in [7, 11) is 0. The summed E-state index contributed by atoms with van der Waals surface area (Å²) >= 11 is 0. The van der Waals surface area contributed by atoms with E-state index in [4.69, 9.17) is 9.15 Å². The van der Waals surface area contributed by atoms with Crippen LogP contribution >= 0.6 is 0 Å². The van der Waals surface area contributed by atoms with Crippen LogP contribution in [0.4, 0.5) is 5.69 Å². The van der Waals surface area contributed by atoms with E-state index < -0.39 is 0 Å². The number of hydrogen-bond acceptors (Lipinski definition) is 5. The maximum atomic E-state index is 11.4. The van der Waals surface area contributed by atoms with E-state index in [9.17, 15) is 4.79 Å². The van der Waals surface area contributed by atoms with Crippen LogP contribution in [0.15, 0.2) is 68.9 Å². The minimum Gasteiger partial charge on any atom is -0.483 e. The Morgan fingerprint density at radius 1 is 1.08 bits per heavy atom. The zero-order valence-electron chi connectivity index (χ0n) is 14.0. The van der Waals surface area contributed by atoms with Gasteiger partial charge in [-0.2, -0.15) is 5.10 Å². The average molecular weight is 334 g/mol. The van der Waals surface area contributed by atoms with Crippen LogP contribution in [0, 0.1) is 5.92 Å². The number of hydrogen-bond donors (Lipinski definition) is 1. The molecule has 0 fully saturated rings. The zero-order chi connectivity index (χ0) is 17.4. The van der Waals surface area contributed by atoms with Crippen molar-refractivity contribution in [3.05, 3.63) is 70.6 Å². The molecule has 0 aliphatic carbocycles. The van der Waals surface area contributed by atoms with Crippen LogP contribution in [-0.2, 0) is 0 Å². The molecule has 0 amide bonds. The molecular weight excluding hydrogens is 316 g/mol. The molecule has 0 saturated heterocycles. The number of ether oxygens (including phenoxy) is 1. The summed E-state index contributed by atoms with van der Waals surface area (Å²) in [6.45, 7) is 4.18. The van der Waals surface area contributed by atoms with Gasteiger partial charge in [-0.05, 0) is 30.2 Å². The summed E-state index contributed by atoms with van der Waals surface area (Å²) in [6.07, 6.45) is -0.158. The molecule has 0 spiro atoms. The standard InChI is InChI=1S/C20H18N2O3/c1-12(2)20-19(22-21-14-6-4-3-5-7-14)15-10-13-8-9-18(23)24-16(13)11-17(15)25-20/h3-12,20-21H,1-2H3. The molecule has 1 unspecified atom stereocenters. The van der Waals surface area contributed by atoms with Crippen molar-refractivity contribution in [2.45, 2.75) is 20.0 Å². The van der Waals surface area contributed by atoms with Crippen LogP contribution in [-0.4, -0.2) is 11.8 Å². The van der Waals surface area contributed by atoms with Gasteiger partial charge in [0.25, 0.3) is 0 Å². The normalized spacial score (nSPS) is 17.7. The molecule has 1 aliphatic rings. The van der Waals surface area contributed by atoms with E-state index >= 15 is 0 Å². The minimum atomic E-state index is -0.370. The number of para-hydroxylation sites is 1. The van der Waals surface area contributed by atoms with E-state index in [1.165, 1.54) is 6.07 Å². The van der Waals surface area contributed by atoms with Crippen LogP contribution in [0.25, 0.3) is 11.0 Å². The van der Waals surface area contributed by atoms with Gasteiger partial charge in [-0.25, -0.2) is 4.79 Å². The number of rotatable bonds is 3. The Morgan fingerprint density at radius 3 is 2.64 bits per heavy atom. The molecule has 4 rings (SSSR count). The molecule has 0 bridgehead atoms. The van der Waals surface area contributed by atoms with Crippen molar-refractivity contribution in [2.75, 3.05) is 5.43 Å². The molecule has 5 nitrogen and oxygen atoms in total. The minimum absolute atomic E-state index is 0.158. The van der Waals surface area contributed by atoms with Crippen molar-refractivity contribution in [2.24, 2.45) is 11.0 Å². The van der Waals surface area contributed by atoms with Gasteiger partial charge in [0.2, 0.25) is 0 Å². The Balaban J connectivity index is 1.79. The van der Waals surface area contributed by atoms with E-state index in [-0.39, 0.29) is 17.6 Å².